The average Bonchev–Trinajstić information content (AvgIpc) is 3.16. The first-order valence-electron chi connectivity index (χ1n) is 8.52. The van der Waals surface area contributed by atoms with Crippen LogP contribution in [0.1, 0.15) is 30.9 Å². The smallest absolute Gasteiger partial charge is 0.237 e. The minimum Gasteiger partial charge on any atom is -0.350 e. The fraction of sp³-hybridized carbons (Fsp3) is 0.556. The molecule has 2 aliphatic heterocycles. The Morgan fingerprint density at radius 3 is 2.74 bits per heavy atom. The molecule has 23 heavy (non-hydrogen) atoms. The van der Waals surface area contributed by atoms with Crippen molar-refractivity contribution >= 4 is 11.8 Å². The van der Waals surface area contributed by atoms with E-state index in [1.54, 1.807) is 0 Å². The summed E-state index contributed by atoms with van der Waals surface area (Å²) >= 11 is 0. The van der Waals surface area contributed by atoms with Gasteiger partial charge < -0.3 is 15.5 Å². The molecular formula is C18H23N3O2. The second-order valence-corrected chi connectivity index (χ2v) is 7.14. The van der Waals surface area contributed by atoms with Crippen molar-refractivity contribution in [3.8, 4) is 0 Å². The maximum atomic E-state index is 12.5. The first-order chi connectivity index (χ1) is 11.1. The van der Waals surface area contributed by atoms with E-state index in [0.717, 1.165) is 13.0 Å². The number of hydrogen-bond donors (Lipinski definition) is 2. The molecule has 4 rings (SSSR count). The SMILES string of the molecule is C[C@@H]1C[C@@H]1N1C[C@@H](NC(=O)[C@@H]2Cc3ccccc3CN2)CC1=O. The number of nitrogens with zero attached hydrogens (tertiary/aromatic N) is 1. The van der Waals surface area contributed by atoms with E-state index in [2.05, 4.69) is 29.7 Å². The topological polar surface area (TPSA) is 61.4 Å². The summed E-state index contributed by atoms with van der Waals surface area (Å²) in [6, 6.07) is 8.40. The van der Waals surface area contributed by atoms with Gasteiger partial charge in [-0.25, -0.2) is 0 Å². The van der Waals surface area contributed by atoms with Crippen LogP contribution >= 0.6 is 0 Å². The van der Waals surface area contributed by atoms with Gasteiger partial charge in [-0.15, -0.1) is 0 Å². The Labute approximate surface area is 136 Å². The fourth-order valence-electron chi connectivity index (χ4n) is 3.83. The van der Waals surface area contributed by atoms with E-state index in [9.17, 15) is 9.59 Å². The quantitative estimate of drug-likeness (QED) is 0.869. The standard InChI is InChI=1S/C18H23N3O2/c1-11-6-16(11)21-10-14(8-17(21)22)20-18(23)15-7-12-4-2-3-5-13(12)9-19-15/h2-5,11,14-16,19H,6-10H2,1H3,(H,20,23)/t11-,14+,15+,16+/m1/s1. The van der Waals surface area contributed by atoms with Gasteiger partial charge in [-0.2, -0.15) is 0 Å². The Hall–Kier alpha value is -1.88. The predicted molar refractivity (Wildman–Crippen MR) is 86.6 cm³/mol. The molecule has 1 aromatic rings. The molecule has 2 N–H and O–H groups in total. The number of amides is 2. The highest BCUT2D eigenvalue weighted by atomic mass is 16.2. The van der Waals surface area contributed by atoms with E-state index < -0.39 is 0 Å². The average molecular weight is 313 g/mol. The second kappa shape index (κ2) is 5.64. The molecule has 2 amide bonds. The molecular weight excluding hydrogens is 290 g/mol. The summed E-state index contributed by atoms with van der Waals surface area (Å²) in [5.74, 6) is 0.819. The number of nitrogens with one attached hydrogen (secondary N) is 2. The van der Waals surface area contributed by atoms with Crippen molar-refractivity contribution in [3.05, 3.63) is 35.4 Å². The van der Waals surface area contributed by atoms with Crippen molar-refractivity contribution in [2.24, 2.45) is 5.92 Å². The molecule has 0 spiro atoms. The van der Waals surface area contributed by atoms with Crippen LogP contribution < -0.4 is 10.6 Å². The normalized spacial score (nSPS) is 32.6. The second-order valence-electron chi connectivity index (χ2n) is 7.14. The van der Waals surface area contributed by atoms with Gasteiger partial charge in [-0.05, 0) is 29.9 Å². The molecule has 1 aromatic carbocycles. The molecule has 1 aliphatic carbocycles. The predicted octanol–water partition coefficient (Wildman–Crippen LogP) is 0.826. The molecule has 5 nitrogen and oxygen atoms in total. The van der Waals surface area contributed by atoms with Crippen LogP contribution in [0.2, 0.25) is 0 Å². The lowest BCUT2D eigenvalue weighted by Crippen LogP contribution is -2.51. The highest BCUT2D eigenvalue weighted by Crippen LogP contribution is 2.37. The minimum absolute atomic E-state index is 0.0167. The number of rotatable bonds is 3. The Bertz CT molecular complexity index is 645. The van der Waals surface area contributed by atoms with Gasteiger partial charge in [0.05, 0.1) is 12.1 Å². The first-order valence-corrected chi connectivity index (χ1v) is 8.52. The minimum atomic E-state index is -0.200. The van der Waals surface area contributed by atoms with Gasteiger partial charge >= 0.3 is 0 Å². The van der Waals surface area contributed by atoms with Crippen molar-refractivity contribution < 1.29 is 9.59 Å². The molecule has 4 atom stereocenters. The summed E-state index contributed by atoms with van der Waals surface area (Å²) in [6.07, 6.45) is 2.26. The first kappa shape index (κ1) is 14.7. The van der Waals surface area contributed by atoms with Crippen molar-refractivity contribution in [2.45, 2.75) is 50.9 Å². The van der Waals surface area contributed by atoms with Crippen LogP contribution in [0.3, 0.4) is 0 Å². The van der Waals surface area contributed by atoms with Gasteiger partial charge in [-0.1, -0.05) is 31.2 Å². The van der Waals surface area contributed by atoms with Gasteiger partial charge in [0.1, 0.15) is 0 Å². The summed E-state index contributed by atoms with van der Waals surface area (Å²) in [6.45, 7) is 3.57. The lowest BCUT2D eigenvalue weighted by molar-refractivity contribution is -0.128. The zero-order valence-corrected chi connectivity index (χ0v) is 13.4. The Balaban J connectivity index is 1.35. The molecule has 0 aromatic heterocycles. The van der Waals surface area contributed by atoms with E-state index in [4.69, 9.17) is 0 Å². The van der Waals surface area contributed by atoms with Gasteiger partial charge in [0.15, 0.2) is 0 Å². The zero-order valence-electron chi connectivity index (χ0n) is 13.4. The number of carbonyl (C=O) groups excluding carboxylic acids is 2. The maximum Gasteiger partial charge on any atom is 0.237 e. The van der Waals surface area contributed by atoms with E-state index in [1.807, 2.05) is 17.0 Å². The zero-order chi connectivity index (χ0) is 16.0. The Morgan fingerprint density at radius 2 is 2.00 bits per heavy atom. The van der Waals surface area contributed by atoms with Gasteiger partial charge in [0.25, 0.3) is 0 Å². The maximum absolute atomic E-state index is 12.5. The highest BCUT2D eigenvalue weighted by molar-refractivity contribution is 5.85. The molecule has 0 bridgehead atoms. The molecule has 122 valence electrons. The Morgan fingerprint density at radius 1 is 1.26 bits per heavy atom. The van der Waals surface area contributed by atoms with E-state index in [0.29, 0.717) is 31.3 Å². The van der Waals surface area contributed by atoms with Crippen molar-refractivity contribution in [1.29, 1.82) is 0 Å². The Kier molecular flexibility index (Phi) is 3.60. The summed E-state index contributed by atoms with van der Waals surface area (Å²) in [5, 5.41) is 6.38. The van der Waals surface area contributed by atoms with E-state index >= 15 is 0 Å². The van der Waals surface area contributed by atoms with Crippen LogP contribution in [-0.4, -0.2) is 41.4 Å². The van der Waals surface area contributed by atoms with E-state index in [-0.39, 0.29) is 23.9 Å². The lowest BCUT2D eigenvalue weighted by atomic mass is 9.95. The molecule has 0 radical (unpaired) electrons. The highest BCUT2D eigenvalue weighted by Gasteiger charge is 2.45. The monoisotopic (exact) mass is 313 g/mol. The number of benzene rings is 1. The van der Waals surface area contributed by atoms with Crippen LogP contribution in [0.15, 0.2) is 24.3 Å². The third-order valence-corrected chi connectivity index (χ3v) is 5.37. The summed E-state index contributed by atoms with van der Waals surface area (Å²) in [5.41, 5.74) is 2.50. The van der Waals surface area contributed by atoms with Crippen molar-refractivity contribution in [2.75, 3.05) is 6.54 Å². The molecule has 2 heterocycles. The van der Waals surface area contributed by atoms with Gasteiger partial charge in [-0.3, -0.25) is 9.59 Å². The number of hydrogen-bond acceptors (Lipinski definition) is 3. The number of fused-ring (bicyclic) bond motifs is 1. The van der Waals surface area contributed by atoms with Crippen molar-refractivity contribution in [1.82, 2.24) is 15.5 Å². The molecule has 5 heteroatoms. The van der Waals surface area contributed by atoms with Crippen LogP contribution in [0.25, 0.3) is 0 Å². The third kappa shape index (κ3) is 2.85. The van der Waals surface area contributed by atoms with Crippen molar-refractivity contribution in [3.63, 3.8) is 0 Å². The lowest BCUT2D eigenvalue weighted by Gasteiger charge is -2.26. The fourth-order valence-corrected chi connectivity index (χ4v) is 3.83. The van der Waals surface area contributed by atoms with Crippen LogP contribution in [0.5, 0.6) is 0 Å². The van der Waals surface area contributed by atoms with E-state index in [1.165, 1.54) is 11.1 Å². The summed E-state index contributed by atoms with van der Waals surface area (Å²) in [7, 11) is 0. The third-order valence-electron chi connectivity index (χ3n) is 5.37. The largest absolute Gasteiger partial charge is 0.350 e. The number of likely N-dealkylation sites (tertiary alicyclic amines) is 1. The van der Waals surface area contributed by atoms with Gasteiger partial charge in [0, 0.05) is 25.6 Å². The van der Waals surface area contributed by atoms with Gasteiger partial charge in [0.2, 0.25) is 11.8 Å². The van der Waals surface area contributed by atoms with Crippen LogP contribution in [0, 0.1) is 5.92 Å². The molecule has 1 saturated carbocycles. The molecule has 2 fully saturated rings. The summed E-state index contributed by atoms with van der Waals surface area (Å²) < 4.78 is 0. The summed E-state index contributed by atoms with van der Waals surface area (Å²) in [4.78, 5) is 26.6. The number of carbonyl (C=O) groups is 2. The molecule has 0 unspecified atom stereocenters. The van der Waals surface area contributed by atoms with Crippen LogP contribution in [0.4, 0.5) is 0 Å². The van der Waals surface area contributed by atoms with Crippen LogP contribution in [-0.2, 0) is 22.6 Å². The molecule has 3 aliphatic rings. The molecule has 1 saturated heterocycles.